The number of piperidine rings is 1. The molecule has 2 N–H and O–H groups in total. The van der Waals surface area contributed by atoms with Crippen LogP contribution < -0.4 is 5.84 Å². The average Bonchev–Trinajstić information content (AvgIpc) is 2.62. The van der Waals surface area contributed by atoms with Crippen LogP contribution in [-0.2, 0) is 14.8 Å². The molecule has 1 saturated heterocycles. The van der Waals surface area contributed by atoms with Gasteiger partial charge in [0.05, 0.1) is 4.90 Å². The van der Waals surface area contributed by atoms with Crippen molar-refractivity contribution in [2.45, 2.75) is 50.8 Å². The smallest absolute Gasteiger partial charge is 0.243 e. The van der Waals surface area contributed by atoms with E-state index in [1.807, 2.05) is 6.92 Å². The fraction of sp³-hybridized carbons (Fsp3) is 0.611. The summed E-state index contributed by atoms with van der Waals surface area (Å²) in [6.45, 7) is 5.08. The Hall–Kier alpha value is -1.15. The predicted molar refractivity (Wildman–Crippen MR) is 103 cm³/mol. The van der Waals surface area contributed by atoms with Gasteiger partial charge in [0.15, 0.2) is 0 Å². The number of benzene rings is 1. The van der Waals surface area contributed by atoms with Gasteiger partial charge in [0, 0.05) is 31.1 Å². The molecule has 1 aliphatic rings. The van der Waals surface area contributed by atoms with E-state index in [2.05, 4.69) is 0 Å². The van der Waals surface area contributed by atoms with Gasteiger partial charge in [-0.3, -0.25) is 9.80 Å². The number of sulfonamides is 1. The molecule has 1 aromatic rings. The summed E-state index contributed by atoms with van der Waals surface area (Å²) < 4.78 is 27.5. The topological polar surface area (TPSA) is 83.7 Å². The highest BCUT2D eigenvalue weighted by atomic mass is 35.5. The van der Waals surface area contributed by atoms with Crippen LogP contribution in [0.2, 0.25) is 5.02 Å². The first-order valence-corrected chi connectivity index (χ1v) is 10.9. The molecule has 1 unspecified atom stereocenters. The Bertz CT molecular complexity index is 739. The van der Waals surface area contributed by atoms with Gasteiger partial charge < -0.3 is 0 Å². The minimum Gasteiger partial charge on any atom is -0.281 e. The summed E-state index contributed by atoms with van der Waals surface area (Å²) in [7, 11) is -3.63. The molecule has 0 saturated carbocycles. The molecule has 6 nitrogen and oxygen atoms in total. The molecule has 1 atom stereocenters. The van der Waals surface area contributed by atoms with Crippen molar-refractivity contribution >= 4 is 27.5 Å². The Kier molecular flexibility index (Phi) is 7.46. The zero-order chi connectivity index (χ0) is 19.3. The second-order valence-corrected chi connectivity index (χ2v) is 9.19. The van der Waals surface area contributed by atoms with E-state index in [1.165, 1.54) is 9.31 Å². The zero-order valence-electron chi connectivity index (χ0n) is 15.4. The molecule has 2 rings (SSSR count). The fourth-order valence-corrected chi connectivity index (χ4v) is 5.27. The van der Waals surface area contributed by atoms with Gasteiger partial charge in [0.25, 0.3) is 0 Å². The minimum atomic E-state index is -3.63. The second kappa shape index (κ2) is 9.17. The van der Waals surface area contributed by atoms with Crippen molar-refractivity contribution in [3.05, 3.63) is 28.8 Å². The normalized spacial score (nSPS) is 18.7. The monoisotopic (exact) mass is 401 g/mol. The molecule has 1 aliphatic heterocycles. The van der Waals surface area contributed by atoms with Crippen LogP contribution in [-0.4, -0.2) is 43.3 Å². The summed E-state index contributed by atoms with van der Waals surface area (Å²) in [6, 6.07) is 4.91. The van der Waals surface area contributed by atoms with E-state index < -0.39 is 10.0 Å². The summed E-state index contributed by atoms with van der Waals surface area (Å²) >= 11 is 6.09. The van der Waals surface area contributed by atoms with Crippen molar-refractivity contribution in [3.63, 3.8) is 0 Å². The minimum absolute atomic E-state index is 0.0156. The second-order valence-electron chi connectivity index (χ2n) is 6.88. The SMILES string of the molecule is CCCCN(N)C(=O)CC1CCCN(S(=O)(=O)c2cccc(Cl)c2C)C1. The number of amides is 1. The summed E-state index contributed by atoms with van der Waals surface area (Å²) in [5, 5.41) is 1.70. The molecule has 0 aromatic heterocycles. The number of rotatable bonds is 7. The third-order valence-electron chi connectivity index (χ3n) is 4.85. The van der Waals surface area contributed by atoms with Gasteiger partial charge in [-0.25, -0.2) is 14.3 Å². The lowest BCUT2D eigenvalue weighted by Gasteiger charge is -2.32. The molecule has 146 valence electrons. The van der Waals surface area contributed by atoms with E-state index in [-0.39, 0.29) is 23.1 Å². The molecule has 1 fully saturated rings. The summed E-state index contributed by atoms with van der Waals surface area (Å²) in [5.41, 5.74) is 0.556. The van der Waals surface area contributed by atoms with Crippen molar-refractivity contribution in [2.75, 3.05) is 19.6 Å². The van der Waals surface area contributed by atoms with Crippen LogP contribution in [0.3, 0.4) is 0 Å². The van der Waals surface area contributed by atoms with Gasteiger partial charge in [0.2, 0.25) is 15.9 Å². The van der Waals surface area contributed by atoms with Crippen LogP contribution >= 0.6 is 11.6 Å². The number of hydrogen-bond donors (Lipinski definition) is 1. The molecule has 1 amide bonds. The molecule has 26 heavy (non-hydrogen) atoms. The third kappa shape index (κ3) is 4.97. The molecule has 8 heteroatoms. The molecule has 0 spiro atoms. The van der Waals surface area contributed by atoms with Crippen LogP contribution in [0, 0.1) is 12.8 Å². The number of nitrogens with zero attached hydrogens (tertiary/aromatic N) is 2. The van der Waals surface area contributed by atoms with E-state index in [0.29, 0.717) is 30.2 Å². The number of hydrazine groups is 1. The van der Waals surface area contributed by atoms with Gasteiger partial charge in [-0.2, -0.15) is 4.31 Å². The van der Waals surface area contributed by atoms with Crippen LogP contribution in [0.1, 0.15) is 44.6 Å². The zero-order valence-corrected chi connectivity index (χ0v) is 17.0. The number of hydrogen-bond acceptors (Lipinski definition) is 4. The Morgan fingerprint density at radius 3 is 2.85 bits per heavy atom. The third-order valence-corrected chi connectivity index (χ3v) is 7.27. The lowest BCUT2D eigenvalue weighted by molar-refractivity contribution is -0.132. The summed E-state index contributed by atoms with van der Waals surface area (Å²) in [6.07, 6.45) is 3.67. The van der Waals surface area contributed by atoms with Crippen LogP contribution in [0.4, 0.5) is 0 Å². The van der Waals surface area contributed by atoms with E-state index in [1.54, 1.807) is 25.1 Å². The fourth-order valence-electron chi connectivity index (χ4n) is 3.24. The predicted octanol–water partition coefficient (Wildman–Crippen LogP) is 2.94. The molecule has 0 radical (unpaired) electrons. The number of halogens is 1. The number of carbonyl (C=O) groups excluding carboxylic acids is 1. The van der Waals surface area contributed by atoms with Gasteiger partial charge in [-0.15, -0.1) is 0 Å². The number of carbonyl (C=O) groups is 1. The average molecular weight is 402 g/mol. The van der Waals surface area contributed by atoms with Crippen LogP contribution in [0.15, 0.2) is 23.1 Å². The molecular weight excluding hydrogens is 374 g/mol. The highest BCUT2D eigenvalue weighted by Crippen LogP contribution is 2.29. The van der Waals surface area contributed by atoms with Crippen LogP contribution in [0.25, 0.3) is 0 Å². The van der Waals surface area contributed by atoms with E-state index in [9.17, 15) is 13.2 Å². The van der Waals surface area contributed by atoms with Gasteiger partial charge in [0.1, 0.15) is 0 Å². The van der Waals surface area contributed by atoms with Crippen molar-refractivity contribution in [2.24, 2.45) is 11.8 Å². The highest BCUT2D eigenvalue weighted by molar-refractivity contribution is 7.89. The molecule has 0 aliphatic carbocycles. The van der Waals surface area contributed by atoms with Crippen molar-refractivity contribution in [3.8, 4) is 0 Å². The standard InChI is InChI=1S/C18H28ClN3O3S/c1-3-4-11-22(20)18(23)12-15-7-6-10-21(13-15)26(24,25)17-9-5-8-16(19)14(17)2/h5,8-9,15H,3-4,6-7,10-13,20H2,1-2H3. The first kappa shape index (κ1) is 21.2. The Morgan fingerprint density at radius 1 is 1.42 bits per heavy atom. The van der Waals surface area contributed by atoms with Crippen molar-refractivity contribution in [1.29, 1.82) is 0 Å². The first-order valence-electron chi connectivity index (χ1n) is 9.07. The quantitative estimate of drug-likeness (QED) is 0.432. The summed E-state index contributed by atoms with van der Waals surface area (Å²) in [5.74, 6) is 5.67. The number of nitrogens with two attached hydrogens (primary N) is 1. The van der Waals surface area contributed by atoms with E-state index in [4.69, 9.17) is 17.4 Å². The van der Waals surface area contributed by atoms with Crippen LogP contribution in [0.5, 0.6) is 0 Å². The molecular formula is C18H28ClN3O3S. The van der Waals surface area contributed by atoms with E-state index in [0.717, 1.165) is 25.7 Å². The Balaban J connectivity index is 2.07. The van der Waals surface area contributed by atoms with E-state index >= 15 is 0 Å². The highest BCUT2D eigenvalue weighted by Gasteiger charge is 2.32. The van der Waals surface area contributed by atoms with Gasteiger partial charge in [-0.1, -0.05) is 31.0 Å². The lowest BCUT2D eigenvalue weighted by atomic mass is 9.96. The maximum absolute atomic E-state index is 13.0. The van der Waals surface area contributed by atoms with Gasteiger partial charge in [-0.05, 0) is 49.8 Å². The van der Waals surface area contributed by atoms with Gasteiger partial charge >= 0.3 is 0 Å². The van der Waals surface area contributed by atoms with Crippen molar-refractivity contribution < 1.29 is 13.2 Å². The van der Waals surface area contributed by atoms with Crippen molar-refractivity contribution in [1.82, 2.24) is 9.31 Å². The molecule has 1 heterocycles. The Morgan fingerprint density at radius 2 is 2.15 bits per heavy atom. The maximum Gasteiger partial charge on any atom is 0.243 e. The molecule has 1 aromatic carbocycles. The lowest BCUT2D eigenvalue weighted by Crippen LogP contribution is -2.43. The maximum atomic E-state index is 13.0. The molecule has 0 bridgehead atoms. The number of unbranched alkanes of at least 4 members (excludes halogenated alkanes) is 1. The largest absolute Gasteiger partial charge is 0.281 e. The first-order chi connectivity index (χ1) is 12.3. The Labute approximate surface area is 161 Å². The summed E-state index contributed by atoms with van der Waals surface area (Å²) in [4.78, 5) is 12.5.